The molecule has 1 fully saturated rings. The highest BCUT2D eigenvalue weighted by molar-refractivity contribution is 6.02. The van der Waals surface area contributed by atoms with Crippen molar-refractivity contribution in [3.63, 3.8) is 0 Å². The molecule has 1 aromatic rings. The van der Waals surface area contributed by atoms with Gasteiger partial charge in [0.1, 0.15) is 17.1 Å². The van der Waals surface area contributed by atoms with Gasteiger partial charge in [-0.15, -0.1) is 0 Å². The van der Waals surface area contributed by atoms with Gasteiger partial charge in [0, 0.05) is 6.42 Å². The molecule has 4 heteroatoms. The second-order valence-electron chi connectivity index (χ2n) is 6.11. The summed E-state index contributed by atoms with van der Waals surface area (Å²) < 4.78 is 11.4. The molecule has 0 amide bonds. The normalized spacial score (nSPS) is 18.6. The summed E-state index contributed by atoms with van der Waals surface area (Å²) in [5, 5.41) is 0. The van der Waals surface area contributed by atoms with Gasteiger partial charge in [0.05, 0.1) is 13.2 Å². The number of carbonyl (C=O) groups excluding carboxylic acids is 1. The predicted molar refractivity (Wildman–Crippen MR) is 85.9 cm³/mol. The van der Waals surface area contributed by atoms with Gasteiger partial charge < -0.3 is 14.4 Å². The van der Waals surface area contributed by atoms with E-state index < -0.39 is 0 Å². The predicted octanol–water partition coefficient (Wildman–Crippen LogP) is 3.30. The van der Waals surface area contributed by atoms with Gasteiger partial charge >= 0.3 is 0 Å². The lowest BCUT2D eigenvalue weighted by atomic mass is 10.0. The van der Waals surface area contributed by atoms with E-state index in [1.54, 1.807) is 0 Å². The Morgan fingerprint density at radius 2 is 2.00 bits per heavy atom. The van der Waals surface area contributed by atoms with E-state index in [0.29, 0.717) is 36.7 Å². The van der Waals surface area contributed by atoms with Gasteiger partial charge in [0.2, 0.25) is 0 Å². The Hall–Kier alpha value is -1.55. The Kier molecular flexibility index (Phi) is 5.33. The van der Waals surface area contributed by atoms with E-state index in [-0.39, 0.29) is 5.78 Å². The fourth-order valence-electron chi connectivity index (χ4n) is 3.21. The summed E-state index contributed by atoms with van der Waals surface area (Å²) in [5.41, 5.74) is 0.629. The molecular weight excluding hydrogens is 278 g/mol. The molecule has 120 valence electrons. The number of ketones is 1. The zero-order valence-corrected chi connectivity index (χ0v) is 13.2. The van der Waals surface area contributed by atoms with Crippen molar-refractivity contribution >= 4 is 5.78 Å². The maximum atomic E-state index is 12.0. The molecule has 4 nitrogen and oxygen atoms in total. The number of hydrogen-bond acceptors (Lipinski definition) is 4. The summed E-state index contributed by atoms with van der Waals surface area (Å²) >= 11 is 0. The first-order chi connectivity index (χ1) is 10.8. The van der Waals surface area contributed by atoms with Crippen LogP contribution in [0.25, 0.3) is 0 Å². The number of hydrogen-bond donors (Lipinski definition) is 0. The molecule has 0 spiro atoms. The molecule has 0 radical (unpaired) electrons. The van der Waals surface area contributed by atoms with E-state index in [2.05, 4.69) is 4.90 Å². The average Bonchev–Trinajstić information content (AvgIpc) is 2.56. The molecule has 2 aliphatic heterocycles. The van der Waals surface area contributed by atoms with Crippen LogP contribution in [0.1, 0.15) is 48.9 Å². The van der Waals surface area contributed by atoms with Crippen molar-refractivity contribution in [1.29, 1.82) is 0 Å². The first-order valence-electron chi connectivity index (χ1n) is 8.49. The van der Waals surface area contributed by atoms with Crippen LogP contribution in [0.2, 0.25) is 0 Å². The fraction of sp³-hybridized carbons (Fsp3) is 0.611. The van der Waals surface area contributed by atoms with E-state index >= 15 is 0 Å². The maximum absolute atomic E-state index is 12.0. The number of ether oxygens (including phenoxy) is 2. The molecule has 0 unspecified atom stereocenters. The number of benzene rings is 1. The van der Waals surface area contributed by atoms with Gasteiger partial charge in [-0.05, 0) is 57.5 Å². The number of Topliss-reactive ketones (excluding diaryl/α,β-unsaturated/α-hetero) is 1. The molecule has 0 atom stereocenters. The number of fused-ring (bicyclic) bond motifs is 1. The van der Waals surface area contributed by atoms with E-state index in [9.17, 15) is 4.79 Å². The Morgan fingerprint density at radius 1 is 1.14 bits per heavy atom. The van der Waals surface area contributed by atoms with Crippen molar-refractivity contribution in [2.45, 2.75) is 38.5 Å². The van der Waals surface area contributed by atoms with Crippen molar-refractivity contribution in [3.8, 4) is 11.5 Å². The zero-order chi connectivity index (χ0) is 15.2. The molecule has 1 saturated heterocycles. The van der Waals surface area contributed by atoms with Crippen LogP contribution >= 0.6 is 0 Å². The van der Waals surface area contributed by atoms with Gasteiger partial charge in [-0.25, -0.2) is 0 Å². The summed E-state index contributed by atoms with van der Waals surface area (Å²) in [6.07, 6.45) is 6.69. The van der Waals surface area contributed by atoms with Crippen LogP contribution in [0.3, 0.4) is 0 Å². The molecule has 2 aliphatic rings. The Labute approximate surface area is 132 Å². The Bertz CT molecular complexity index is 509. The standard InChI is InChI=1S/C18H25NO3/c20-15-9-14-22-17-8-6-7-16(18(15)17)21-13-5-4-12-19-10-2-1-3-11-19/h6-8H,1-5,9-14H2. The molecule has 0 bridgehead atoms. The molecular formula is C18H25NO3. The second-order valence-corrected chi connectivity index (χ2v) is 6.11. The Balaban J connectivity index is 1.45. The van der Waals surface area contributed by atoms with Gasteiger partial charge in [0.25, 0.3) is 0 Å². The molecule has 3 rings (SSSR count). The minimum absolute atomic E-state index is 0.130. The number of rotatable bonds is 6. The highest BCUT2D eigenvalue weighted by Gasteiger charge is 2.22. The third kappa shape index (κ3) is 3.80. The number of nitrogens with zero attached hydrogens (tertiary/aromatic N) is 1. The Morgan fingerprint density at radius 3 is 2.86 bits per heavy atom. The average molecular weight is 303 g/mol. The monoisotopic (exact) mass is 303 g/mol. The van der Waals surface area contributed by atoms with E-state index in [1.165, 1.54) is 32.4 Å². The lowest BCUT2D eigenvalue weighted by Crippen LogP contribution is -2.30. The second kappa shape index (κ2) is 7.63. The SMILES string of the molecule is O=C1CCOc2cccc(OCCCCN3CCCCC3)c21. The van der Waals surface area contributed by atoms with Crippen LogP contribution in [0.5, 0.6) is 11.5 Å². The maximum Gasteiger partial charge on any atom is 0.173 e. The number of carbonyl (C=O) groups is 1. The molecule has 0 N–H and O–H groups in total. The highest BCUT2D eigenvalue weighted by Crippen LogP contribution is 2.32. The van der Waals surface area contributed by atoms with E-state index in [0.717, 1.165) is 19.4 Å². The summed E-state index contributed by atoms with van der Waals surface area (Å²) in [6, 6.07) is 5.60. The number of unbranched alkanes of at least 4 members (excludes halogenated alkanes) is 1. The molecule has 0 aromatic heterocycles. The molecule has 1 aromatic carbocycles. The summed E-state index contributed by atoms with van der Waals surface area (Å²) in [5.74, 6) is 1.48. The van der Waals surface area contributed by atoms with Crippen molar-refractivity contribution in [2.75, 3.05) is 32.8 Å². The van der Waals surface area contributed by atoms with Crippen molar-refractivity contribution in [1.82, 2.24) is 4.90 Å². The van der Waals surface area contributed by atoms with Gasteiger partial charge in [-0.3, -0.25) is 4.79 Å². The lowest BCUT2D eigenvalue weighted by Gasteiger charge is -2.26. The van der Waals surface area contributed by atoms with Crippen molar-refractivity contribution < 1.29 is 14.3 Å². The highest BCUT2D eigenvalue weighted by atomic mass is 16.5. The lowest BCUT2D eigenvalue weighted by molar-refractivity contribution is 0.0927. The van der Waals surface area contributed by atoms with E-state index in [1.807, 2.05) is 18.2 Å². The van der Waals surface area contributed by atoms with Gasteiger partial charge in [-0.2, -0.15) is 0 Å². The van der Waals surface area contributed by atoms with Gasteiger partial charge in [0.15, 0.2) is 5.78 Å². The summed E-state index contributed by atoms with van der Waals surface area (Å²) in [4.78, 5) is 14.6. The summed E-state index contributed by atoms with van der Waals surface area (Å²) in [6.45, 7) is 4.80. The van der Waals surface area contributed by atoms with Crippen LogP contribution in [-0.2, 0) is 0 Å². The van der Waals surface area contributed by atoms with E-state index in [4.69, 9.17) is 9.47 Å². The number of likely N-dealkylation sites (tertiary alicyclic amines) is 1. The molecule has 2 heterocycles. The first-order valence-corrected chi connectivity index (χ1v) is 8.49. The largest absolute Gasteiger partial charge is 0.493 e. The minimum Gasteiger partial charge on any atom is -0.493 e. The molecule has 0 aliphatic carbocycles. The zero-order valence-electron chi connectivity index (χ0n) is 13.2. The summed E-state index contributed by atoms with van der Waals surface area (Å²) in [7, 11) is 0. The fourth-order valence-corrected chi connectivity index (χ4v) is 3.21. The third-order valence-corrected chi connectivity index (χ3v) is 4.43. The quantitative estimate of drug-likeness (QED) is 0.756. The van der Waals surface area contributed by atoms with Gasteiger partial charge in [-0.1, -0.05) is 12.5 Å². The van der Waals surface area contributed by atoms with Crippen molar-refractivity contribution in [2.24, 2.45) is 0 Å². The van der Waals surface area contributed by atoms with Crippen molar-refractivity contribution in [3.05, 3.63) is 23.8 Å². The third-order valence-electron chi connectivity index (χ3n) is 4.43. The number of piperidine rings is 1. The smallest absolute Gasteiger partial charge is 0.173 e. The topological polar surface area (TPSA) is 38.8 Å². The first kappa shape index (κ1) is 15.3. The van der Waals surface area contributed by atoms with Crippen LogP contribution in [0.4, 0.5) is 0 Å². The molecule has 0 saturated carbocycles. The van der Waals surface area contributed by atoms with Crippen LogP contribution in [0, 0.1) is 0 Å². The minimum atomic E-state index is 0.130. The molecule has 22 heavy (non-hydrogen) atoms. The van der Waals surface area contributed by atoms with Crippen LogP contribution in [0.15, 0.2) is 18.2 Å². The van der Waals surface area contributed by atoms with Crippen LogP contribution in [-0.4, -0.2) is 43.5 Å². The van der Waals surface area contributed by atoms with Crippen LogP contribution < -0.4 is 9.47 Å².